The van der Waals surface area contributed by atoms with E-state index in [1.54, 1.807) is 11.3 Å². The Hall–Kier alpha value is -0.830. The van der Waals surface area contributed by atoms with Crippen LogP contribution in [0.15, 0.2) is 36.4 Å². The van der Waals surface area contributed by atoms with E-state index in [1.165, 1.54) is 16.0 Å². The summed E-state index contributed by atoms with van der Waals surface area (Å²) in [5, 5.41) is 0. The number of halogens is 1. The molecule has 1 aromatic carbocycles. The maximum atomic E-state index is 6.16. The van der Waals surface area contributed by atoms with Crippen molar-refractivity contribution in [3.05, 3.63) is 56.7 Å². The van der Waals surface area contributed by atoms with Crippen LogP contribution < -0.4 is 5.73 Å². The molecule has 0 aliphatic rings. The van der Waals surface area contributed by atoms with Crippen LogP contribution in [0.3, 0.4) is 0 Å². The Balaban J connectivity index is 1.97. The maximum absolute atomic E-state index is 6.16. The summed E-state index contributed by atoms with van der Waals surface area (Å²) in [5.74, 6) is 0. The fraction of sp³-hybridized carbons (Fsp3) is 0.286. The van der Waals surface area contributed by atoms with Gasteiger partial charge in [0.1, 0.15) is 0 Å². The quantitative estimate of drug-likeness (QED) is 0.874. The molecule has 3 heteroatoms. The number of rotatable bonds is 4. The highest BCUT2D eigenvalue weighted by atomic mass is 35.5. The molecule has 0 bridgehead atoms. The van der Waals surface area contributed by atoms with Gasteiger partial charge >= 0.3 is 0 Å². The lowest BCUT2D eigenvalue weighted by Crippen LogP contribution is -2.09. The highest BCUT2D eigenvalue weighted by Crippen LogP contribution is 2.28. The molecule has 17 heavy (non-hydrogen) atoms. The third-order valence-corrected chi connectivity index (χ3v) is 4.31. The van der Waals surface area contributed by atoms with Gasteiger partial charge in [-0.25, -0.2) is 0 Å². The van der Waals surface area contributed by atoms with Gasteiger partial charge in [-0.3, -0.25) is 0 Å². The van der Waals surface area contributed by atoms with Gasteiger partial charge in [0.25, 0.3) is 0 Å². The van der Waals surface area contributed by atoms with E-state index in [2.05, 4.69) is 31.2 Å². The van der Waals surface area contributed by atoms with E-state index in [4.69, 9.17) is 17.3 Å². The Morgan fingerprint density at radius 1 is 1.24 bits per heavy atom. The lowest BCUT2D eigenvalue weighted by Gasteiger charge is -2.10. The zero-order chi connectivity index (χ0) is 12.3. The largest absolute Gasteiger partial charge is 0.323 e. The summed E-state index contributed by atoms with van der Waals surface area (Å²) < 4.78 is 0.811. The first kappa shape index (κ1) is 12.6. The first-order valence-corrected chi connectivity index (χ1v) is 6.91. The highest BCUT2D eigenvalue weighted by Gasteiger charge is 2.09. The molecule has 0 fully saturated rings. The van der Waals surface area contributed by atoms with Crippen molar-refractivity contribution in [1.82, 2.24) is 0 Å². The Kier molecular flexibility index (Phi) is 4.21. The van der Waals surface area contributed by atoms with Crippen LogP contribution in [0.2, 0.25) is 4.34 Å². The summed E-state index contributed by atoms with van der Waals surface area (Å²) in [7, 11) is 0. The summed E-state index contributed by atoms with van der Waals surface area (Å²) in [6, 6.07) is 12.5. The topological polar surface area (TPSA) is 26.0 Å². The van der Waals surface area contributed by atoms with E-state index < -0.39 is 0 Å². The van der Waals surface area contributed by atoms with Gasteiger partial charge < -0.3 is 5.73 Å². The Bertz CT molecular complexity index is 492. The highest BCUT2D eigenvalue weighted by molar-refractivity contribution is 7.16. The minimum Gasteiger partial charge on any atom is -0.323 e. The lowest BCUT2D eigenvalue weighted by molar-refractivity contribution is 0.660. The molecular formula is C14H16ClNS. The van der Waals surface area contributed by atoms with Crippen molar-refractivity contribution in [3.63, 3.8) is 0 Å². The zero-order valence-corrected chi connectivity index (χ0v) is 11.4. The van der Waals surface area contributed by atoms with E-state index in [1.807, 2.05) is 12.1 Å². The van der Waals surface area contributed by atoms with Gasteiger partial charge in [-0.2, -0.15) is 0 Å². The van der Waals surface area contributed by atoms with Gasteiger partial charge in [0.05, 0.1) is 4.34 Å². The van der Waals surface area contributed by atoms with Crippen molar-refractivity contribution in [2.75, 3.05) is 0 Å². The Labute approximate surface area is 111 Å². The fourth-order valence-electron chi connectivity index (χ4n) is 1.87. The van der Waals surface area contributed by atoms with Crippen molar-refractivity contribution in [1.29, 1.82) is 0 Å². The van der Waals surface area contributed by atoms with E-state index in [0.29, 0.717) is 0 Å². The van der Waals surface area contributed by atoms with Crippen LogP contribution in [0, 0.1) is 6.92 Å². The van der Waals surface area contributed by atoms with Crippen molar-refractivity contribution in [2.45, 2.75) is 25.8 Å². The third kappa shape index (κ3) is 3.32. The number of nitrogens with two attached hydrogens (primary N) is 1. The molecule has 1 heterocycles. The Morgan fingerprint density at radius 3 is 2.65 bits per heavy atom. The molecule has 0 amide bonds. The first-order valence-electron chi connectivity index (χ1n) is 5.72. The molecule has 0 radical (unpaired) electrons. The van der Waals surface area contributed by atoms with Crippen LogP contribution in [0.25, 0.3) is 0 Å². The molecule has 0 aliphatic heterocycles. The Morgan fingerprint density at radius 2 is 2.00 bits per heavy atom. The number of thiophene rings is 1. The van der Waals surface area contributed by atoms with Gasteiger partial charge in [0.15, 0.2) is 0 Å². The zero-order valence-electron chi connectivity index (χ0n) is 9.82. The molecule has 2 rings (SSSR count). The van der Waals surface area contributed by atoms with Crippen molar-refractivity contribution >= 4 is 22.9 Å². The molecule has 0 spiro atoms. The SMILES string of the molecule is Cc1ccccc1CCC(N)c1ccc(Cl)s1. The van der Waals surface area contributed by atoms with E-state index >= 15 is 0 Å². The van der Waals surface area contributed by atoms with Crippen LogP contribution in [-0.4, -0.2) is 0 Å². The average Bonchev–Trinajstić information content (AvgIpc) is 2.74. The predicted octanol–water partition coefficient (Wildman–Crippen LogP) is 4.34. The molecule has 1 aromatic heterocycles. The van der Waals surface area contributed by atoms with Gasteiger partial charge in [-0.15, -0.1) is 11.3 Å². The van der Waals surface area contributed by atoms with E-state index in [0.717, 1.165) is 17.2 Å². The summed E-state index contributed by atoms with van der Waals surface area (Å²) >= 11 is 7.49. The predicted molar refractivity (Wildman–Crippen MR) is 75.8 cm³/mol. The van der Waals surface area contributed by atoms with Crippen molar-refractivity contribution < 1.29 is 0 Å². The second-order valence-corrected chi connectivity index (χ2v) is 5.96. The first-order chi connectivity index (χ1) is 8.16. The summed E-state index contributed by atoms with van der Waals surface area (Å²) in [6.07, 6.45) is 1.98. The average molecular weight is 266 g/mol. The fourth-order valence-corrected chi connectivity index (χ4v) is 2.97. The van der Waals surface area contributed by atoms with Crippen LogP contribution in [-0.2, 0) is 6.42 Å². The summed E-state index contributed by atoms with van der Waals surface area (Å²) in [5.41, 5.74) is 8.88. The van der Waals surface area contributed by atoms with Gasteiger partial charge in [-0.1, -0.05) is 35.9 Å². The van der Waals surface area contributed by atoms with Crippen molar-refractivity contribution in [2.24, 2.45) is 5.73 Å². The molecule has 2 aromatic rings. The van der Waals surface area contributed by atoms with Crippen LogP contribution in [0.1, 0.15) is 28.5 Å². The molecule has 1 atom stereocenters. The normalized spacial score (nSPS) is 12.6. The van der Waals surface area contributed by atoms with Crippen LogP contribution >= 0.6 is 22.9 Å². The number of aryl methyl sites for hydroxylation is 2. The third-order valence-electron chi connectivity index (χ3n) is 2.95. The van der Waals surface area contributed by atoms with E-state index in [9.17, 15) is 0 Å². The molecule has 0 saturated carbocycles. The monoisotopic (exact) mass is 265 g/mol. The number of hydrogen-bond donors (Lipinski definition) is 1. The van der Waals surface area contributed by atoms with Gasteiger partial charge in [0.2, 0.25) is 0 Å². The molecular weight excluding hydrogens is 250 g/mol. The molecule has 0 saturated heterocycles. The summed E-state index contributed by atoms with van der Waals surface area (Å²) in [4.78, 5) is 1.17. The molecule has 2 N–H and O–H groups in total. The molecule has 0 aliphatic carbocycles. The minimum absolute atomic E-state index is 0.0899. The van der Waals surface area contributed by atoms with Gasteiger partial charge in [-0.05, 0) is 43.0 Å². The standard InChI is InChI=1S/C14H16ClNS/c1-10-4-2-3-5-11(10)6-7-12(16)13-8-9-14(15)17-13/h2-5,8-9,12H,6-7,16H2,1H3. The van der Waals surface area contributed by atoms with Crippen LogP contribution in [0.5, 0.6) is 0 Å². The molecule has 90 valence electrons. The number of hydrogen-bond acceptors (Lipinski definition) is 2. The second kappa shape index (κ2) is 5.67. The smallest absolute Gasteiger partial charge is 0.0931 e. The second-order valence-electron chi connectivity index (χ2n) is 4.21. The molecule has 1 nitrogen and oxygen atoms in total. The number of benzene rings is 1. The summed E-state index contributed by atoms with van der Waals surface area (Å²) in [6.45, 7) is 2.14. The van der Waals surface area contributed by atoms with E-state index in [-0.39, 0.29) is 6.04 Å². The lowest BCUT2D eigenvalue weighted by atomic mass is 10.0. The van der Waals surface area contributed by atoms with Crippen LogP contribution in [0.4, 0.5) is 0 Å². The molecule has 1 unspecified atom stereocenters. The van der Waals surface area contributed by atoms with Gasteiger partial charge in [0, 0.05) is 10.9 Å². The van der Waals surface area contributed by atoms with Crippen molar-refractivity contribution in [3.8, 4) is 0 Å². The minimum atomic E-state index is 0.0899. The maximum Gasteiger partial charge on any atom is 0.0931 e.